The summed E-state index contributed by atoms with van der Waals surface area (Å²) in [6.45, 7) is 11.4. The van der Waals surface area contributed by atoms with E-state index >= 15 is 0 Å². The van der Waals surface area contributed by atoms with Crippen LogP contribution in [0, 0.1) is 11.8 Å². The van der Waals surface area contributed by atoms with Crippen LogP contribution in [0.15, 0.2) is 0 Å². The molecule has 2 unspecified atom stereocenters. The van der Waals surface area contributed by atoms with Crippen LogP contribution in [-0.4, -0.2) is 37.2 Å². The van der Waals surface area contributed by atoms with Crippen molar-refractivity contribution in [3.63, 3.8) is 0 Å². The minimum Gasteiger partial charge on any atom is -0.462 e. The lowest BCUT2D eigenvalue weighted by atomic mass is 9.99. The highest BCUT2D eigenvalue weighted by Crippen LogP contribution is 2.19. The van der Waals surface area contributed by atoms with Crippen LogP contribution in [0.25, 0.3) is 0 Å². The molecule has 0 saturated carbocycles. The normalized spacial score (nSPS) is 12.9. The fourth-order valence-electron chi connectivity index (χ4n) is 8.63. The zero-order valence-electron chi connectivity index (χ0n) is 43.2. The highest BCUT2D eigenvalue weighted by molar-refractivity contribution is 5.71. The Labute approximate surface area is 393 Å². The first-order valence-electron chi connectivity index (χ1n) is 28.3. The molecule has 0 radical (unpaired) electrons. The molecule has 0 fully saturated rings. The number of carbonyl (C=O) groups is 3. The first-order chi connectivity index (χ1) is 30.8. The lowest BCUT2D eigenvalue weighted by Gasteiger charge is -2.18. The molecule has 6 nitrogen and oxygen atoms in total. The van der Waals surface area contributed by atoms with Crippen molar-refractivity contribution in [2.45, 2.75) is 323 Å². The fourth-order valence-corrected chi connectivity index (χ4v) is 8.63. The van der Waals surface area contributed by atoms with Crippen molar-refractivity contribution >= 4 is 17.9 Å². The SMILES string of the molecule is CCCCCCCC(=O)OC[C@H](COC(=O)CCCCCCCCCCCCCCCCCCCCC(C)CC)OC(=O)CCCCCCCCCCCCCCCCC(C)CC. The predicted octanol–water partition coefficient (Wildman–Crippen LogP) is 18.5. The van der Waals surface area contributed by atoms with Crippen LogP contribution >= 0.6 is 0 Å². The van der Waals surface area contributed by atoms with Crippen molar-refractivity contribution in [2.24, 2.45) is 11.8 Å². The largest absolute Gasteiger partial charge is 0.462 e. The second-order valence-electron chi connectivity index (χ2n) is 20.1. The topological polar surface area (TPSA) is 78.9 Å². The van der Waals surface area contributed by atoms with Crippen LogP contribution in [0.4, 0.5) is 0 Å². The zero-order valence-corrected chi connectivity index (χ0v) is 43.2. The number of hydrogen-bond donors (Lipinski definition) is 0. The van der Waals surface area contributed by atoms with E-state index in [0.29, 0.717) is 19.3 Å². The monoisotopic (exact) mass is 891 g/mol. The summed E-state index contributed by atoms with van der Waals surface area (Å²) in [7, 11) is 0. The fraction of sp³-hybridized carbons (Fsp3) is 0.947. The van der Waals surface area contributed by atoms with E-state index in [1.165, 1.54) is 199 Å². The maximum Gasteiger partial charge on any atom is 0.306 e. The molecule has 0 rings (SSSR count). The van der Waals surface area contributed by atoms with Gasteiger partial charge in [0.25, 0.3) is 0 Å². The van der Waals surface area contributed by atoms with E-state index < -0.39 is 6.10 Å². The summed E-state index contributed by atoms with van der Waals surface area (Å²) in [6.07, 6.45) is 52.6. The highest BCUT2D eigenvalue weighted by Gasteiger charge is 2.19. The third-order valence-electron chi connectivity index (χ3n) is 13.7. The van der Waals surface area contributed by atoms with Crippen LogP contribution in [0.1, 0.15) is 317 Å². The molecular weight excluding hydrogens is 781 g/mol. The quantitative estimate of drug-likeness (QED) is 0.0344. The summed E-state index contributed by atoms with van der Waals surface area (Å²) in [6, 6.07) is 0. The van der Waals surface area contributed by atoms with E-state index in [1.807, 2.05) is 0 Å². The summed E-state index contributed by atoms with van der Waals surface area (Å²) >= 11 is 0. The van der Waals surface area contributed by atoms with Gasteiger partial charge in [-0.1, -0.05) is 279 Å². The predicted molar refractivity (Wildman–Crippen MR) is 270 cm³/mol. The number of ether oxygens (including phenoxy) is 3. The smallest absolute Gasteiger partial charge is 0.306 e. The van der Waals surface area contributed by atoms with Crippen molar-refractivity contribution in [2.75, 3.05) is 13.2 Å². The van der Waals surface area contributed by atoms with Gasteiger partial charge in [0.1, 0.15) is 13.2 Å². The summed E-state index contributed by atoms with van der Waals surface area (Å²) < 4.78 is 16.7. The van der Waals surface area contributed by atoms with Gasteiger partial charge in [-0.25, -0.2) is 0 Å². The third kappa shape index (κ3) is 48.2. The van der Waals surface area contributed by atoms with Crippen LogP contribution in [0.2, 0.25) is 0 Å². The second-order valence-corrected chi connectivity index (χ2v) is 20.1. The van der Waals surface area contributed by atoms with E-state index in [-0.39, 0.29) is 31.1 Å². The van der Waals surface area contributed by atoms with Gasteiger partial charge in [0, 0.05) is 19.3 Å². The van der Waals surface area contributed by atoms with Crippen molar-refractivity contribution in [3.8, 4) is 0 Å². The lowest BCUT2D eigenvalue weighted by Crippen LogP contribution is -2.30. The molecule has 374 valence electrons. The molecule has 0 bridgehead atoms. The van der Waals surface area contributed by atoms with Gasteiger partial charge in [0.15, 0.2) is 6.10 Å². The van der Waals surface area contributed by atoms with E-state index in [1.54, 1.807) is 0 Å². The van der Waals surface area contributed by atoms with Gasteiger partial charge in [0.2, 0.25) is 0 Å². The second kappa shape index (κ2) is 49.8. The Hall–Kier alpha value is -1.59. The molecule has 0 heterocycles. The number of esters is 3. The number of rotatable bonds is 51. The highest BCUT2D eigenvalue weighted by atomic mass is 16.6. The maximum atomic E-state index is 12.8. The van der Waals surface area contributed by atoms with Crippen molar-refractivity contribution in [1.29, 1.82) is 0 Å². The Balaban J connectivity index is 4.04. The first-order valence-corrected chi connectivity index (χ1v) is 28.3. The minimum absolute atomic E-state index is 0.0640. The molecule has 0 saturated heterocycles. The summed E-state index contributed by atoms with van der Waals surface area (Å²) in [4.78, 5) is 37.8. The number of unbranched alkanes of at least 4 members (excludes halogenated alkanes) is 34. The molecular formula is C57H110O6. The molecule has 0 aromatic rings. The molecule has 0 N–H and O–H groups in total. The standard InChI is InChI=1S/C57H110O6/c1-6-9-10-35-42-47-55(58)61-50-54(63-57(60)49-44-39-34-30-26-22-18-17-20-24-28-32-37-41-46-53(5)8-3)51-62-56(59)48-43-38-33-29-25-21-16-14-12-11-13-15-19-23-27-31-36-40-45-52(4)7-2/h52-54H,6-51H2,1-5H3/t52?,53?,54-/m1/s1. The maximum absolute atomic E-state index is 12.8. The number of carbonyl (C=O) groups excluding carboxylic acids is 3. The van der Waals surface area contributed by atoms with Gasteiger partial charge in [-0.05, 0) is 31.1 Å². The van der Waals surface area contributed by atoms with Crippen molar-refractivity contribution < 1.29 is 28.6 Å². The average molecular weight is 892 g/mol. The van der Waals surface area contributed by atoms with Gasteiger partial charge < -0.3 is 14.2 Å². The Morgan fingerprint density at radius 3 is 0.825 bits per heavy atom. The van der Waals surface area contributed by atoms with E-state index in [4.69, 9.17) is 14.2 Å². The molecule has 0 aromatic heterocycles. The molecule has 63 heavy (non-hydrogen) atoms. The molecule has 6 heteroatoms. The van der Waals surface area contributed by atoms with E-state index in [2.05, 4.69) is 34.6 Å². The Bertz CT molecular complexity index is 966. The molecule has 3 atom stereocenters. The summed E-state index contributed by atoms with van der Waals surface area (Å²) in [5.74, 6) is 0.948. The summed E-state index contributed by atoms with van der Waals surface area (Å²) in [5.41, 5.74) is 0. The van der Waals surface area contributed by atoms with Crippen LogP contribution in [-0.2, 0) is 28.6 Å². The van der Waals surface area contributed by atoms with Crippen LogP contribution < -0.4 is 0 Å². The average Bonchev–Trinajstić information content (AvgIpc) is 3.28. The molecule has 0 aliphatic rings. The Morgan fingerprint density at radius 1 is 0.317 bits per heavy atom. The lowest BCUT2D eigenvalue weighted by molar-refractivity contribution is -0.167. The third-order valence-corrected chi connectivity index (χ3v) is 13.7. The van der Waals surface area contributed by atoms with Gasteiger partial charge in [-0.15, -0.1) is 0 Å². The number of hydrogen-bond acceptors (Lipinski definition) is 6. The van der Waals surface area contributed by atoms with E-state index in [0.717, 1.165) is 76.0 Å². The molecule has 0 spiro atoms. The zero-order chi connectivity index (χ0) is 46.1. The van der Waals surface area contributed by atoms with Gasteiger partial charge in [-0.2, -0.15) is 0 Å². The van der Waals surface area contributed by atoms with Crippen molar-refractivity contribution in [3.05, 3.63) is 0 Å². The van der Waals surface area contributed by atoms with Crippen LogP contribution in [0.5, 0.6) is 0 Å². The molecule has 0 aliphatic carbocycles. The Morgan fingerprint density at radius 2 is 0.556 bits per heavy atom. The van der Waals surface area contributed by atoms with E-state index in [9.17, 15) is 14.4 Å². The Kier molecular flexibility index (Phi) is 48.6. The molecule has 0 aromatic carbocycles. The molecule has 0 amide bonds. The first kappa shape index (κ1) is 61.4. The summed E-state index contributed by atoms with van der Waals surface area (Å²) in [5, 5.41) is 0. The van der Waals surface area contributed by atoms with Gasteiger partial charge in [-0.3, -0.25) is 14.4 Å². The molecule has 0 aliphatic heterocycles. The van der Waals surface area contributed by atoms with Crippen molar-refractivity contribution in [1.82, 2.24) is 0 Å². The van der Waals surface area contributed by atoms with Gasteiger partial charge >= 0.3 is 17.9 Å². The van der Waals surface area contributed by atoms with Crippen LogP contribution in [0.3, 0.4) is 0 Å². The van der Waals surface area contributed by atoms with Gasteiger partial charge in [0.05, 0.1) is 0 Å². The minimum atomic E-state index is -0.760.